The zero-order valence-corrected chi connectivity index (χ0v) is 10.9. The van der Waals surface area contributed by atoms with Crippen LogP contribution in [0.25, 0.3) is 0 Å². The molecule has 0 saturated heterocycles. The molecule has 0 bridgehead atoms. The Hall–Kier alpha value is -2.30. The highest BCUT2D eigenvalue weighted by molar-refractivity contribution is 5.76. The molecule has 100 valence electrons. The Labute approximate surface area is 112 Å². The van der Waals surface area contributed by atoms with Gasteiger partial charge in [0.15, 0.2) is 0 Å². The zero-order chi connectivity index (χ0) is 13.7. The molecule has 0 aliphatic carbocycles. The van der Waals surface area contributed by atoms with Crippen molar-refractivity contribution in [2.45, 2.75) is 25.9 Å². The summed E-state index contributed by atoms with van der Waals surface area (Å²) in [4.78, 5) is 11.8. The van der Waals surface area contributed by atoms with E-state index in [1.807, 2.05) is 43.5 Å². The highest BCUT2D eigenvalue weighted by atomic mass is 16.1. The predicted octanol–water partition coefficient (Wildman–Crippen LogP) is 1.73. The van der Waals surface area contributed by atoms with Crippen LogP contribution in [0.5, 0.6) is 0 Å². The van der Waals surface area contributed by atoms with Crippen LogP contribution in [0.3, 0.4) is 0 Å². The van der Waals surface area contributed by atoms with Crippen LogP contribution in [-0.4, -0.2) is 15.7 Å². The third-order valence-electron chi connectivity index (χ3n) is 2.94. The first kappa shape index (κ1) is 13.1. The number of carbonyl (C=O) groups excluding carboxylic acids is 1. The number of nitrogen functional groups attached to an aromatic ring is 1. The number of anilines is 1. The Morgan fingerprint density at radius 3 is 2.79 bits per heavy atom. The summed E-state index contributed by atoms with van der Waals surface area (Å²) < 4.78 is 1.74. The van der Waals surface area contributed by atoms with Gasteiger partial charge in [0, 0.05) is 31.0 Å². The summed E-state index contributed by atoms with van der Waals surface area (Å²) in [5.74, 6) is 0.0137. The second-order valence-corrected chi connectivity index (χ2v) is 4.48. The molecule has 0 aliphatic rings. The molecule has 0 radical (unpaired) electrons. The summed E-state index contributed by atoms with van der Waals surface area (Å²) in [6, 6.07) is 9.34. The van der Waals surface area contributed by atoms with Gasteiger partial charge in [0.1, 0.15) is 0 Å². The van der Waals surface area contributed by atoms with E-state index in [1.165, 1.54) is 0 Å². The maximum atomic E-state index is 11.8. The van der Waals surface area contributed by atoms with Crippen molar-refractivity contribution in [3.8, 4) is 0 Å². The molecule has 0 fully saturated rings. The molecule has 2 aromatic rings. The SMILES string of the molecule is CC(NC(=O)CCn1cccn1)c1ccc(N)cc1. The van der Waals surface area contributed by atoms with Crippen molar-refractivity contribution in [3.63, 3.8) is 0 Å². The van der Waals surface area contributed by atoms with Gasteiger partial charge in [-0.05, 0) is 30.7 Å². The highest BCUT2D eigenvalue weighted by Crippen LogP contribution is 2.14. The van der Waals surface area contributed by atoms with Gasteiger partial charge < -0.3 is 11.1 Å². The van der Waals surface area contributed by atoms with E-state index in [0.29, 0.717) is 13.0 Å². The molecule has 1 atom stereocenters. The van der Waals surface area contributed by atoms with Crippen molar-refractivity contribution < 1.29 is 4.79 Å². The van der Waals surface area contributed by atoms with Gasteiger partial charge in [-0.2, -0.15) is 5.10 Å². The average Bonchev–Trinajstić information content (AvgIpc) is 2.90. The fourth-order valence-electron chi connectivity index (χ4n) is 1.83. The summed E-state index contributed by atoms with van der Waals surface area (Å²) in [5, 5.41) is 7.02. The Morgan fingerprint density at radius 2 is 2.16 bits per heavy atom. The highest BCUT2D eigenvalue weighted by Gasteiger charge is 2.09. The Kier molecular flexibility index (Phi) is 4.18. The van der Waals surface area contributed by atoms with Gasteiger partial charge in [0.25, 0.3) is 0 Å². The Balaban J connectivity index is 1.83. The van der Waals surface area contributed by atoms with Crippen molar-refractivity contribution in [1.29, 1.82) is 0 Å². The number of rotatable bonds is 5. The predicted molar refractivity (Wildman–Crippen MR) is 74.3 cm³/mol. The van der Waals surface area contributed by atoms with Crippen LogP contribution in [0.2, 0.25) is 0 Å². The maximum Gasteiger partial charge on any atom is 0.222 e. The number of nitrogens with two attached hydrogens (primary N) is 1. The smallest absolute Gasteiger partial charge is 0.222 e. The maximum absolute atomic E-state index is 11.8. The first-order chi connectivity index (χ1) is 9.15. The molecule has 0 saturated carbocycles. The van der Waals surface area contributed by atoms with Crippen molar-refractivity contribution in [2.24, 2.45) is 0 Å². The van der Waals surface area contributed by atoms with Crippen LogP contribution >= 0.6 is 0 Å². The standard InChI is InChI=1S/C14H18N4O/c1-11(12-3-5-13(15)6-4-12)17-14(19)7-10-18-9-2-8-16-18/h2-6,8-9,11H,7,10,15H2,1H3,(H,17,19). The monoisotopic (exact) mass is 258 g/mol. The van der Waals surface area contributed by atoms with Crippen LogP contribution in [0.1, 0.15) is 24.9 Å². The van der Waals surface area contributed by atoms with E-state index in [2.05, 4.69) is 10.4 Å². The molecule has 1 aromatic carbocycles. The van der Waals surface area contributed by atoms with Gasteiger partial charge in [-0.1, -0.05) is 12.1 Å². The lowest BCUT2D eigenvalue weighted by Crippen LogP contribution is -2.27. The number of aromatic nitrogens is 2. The van der Waals surface area contributed by atoms with E-state index in [-0.39, 0.29) is 11.9 Å². The molecule has 1 aromatic heterocycles. The number of benzene rings is 1. The molecule has 1 heterocycles. The van der Waals surface area contributed by atoms with Crippen molar-refractivity contribution in [2.75, 3.05) is 5.73 Å². The summed E-state index contributed by atoms with van der Waals surface area (Å²) in [6.45, 7) is 2.55. The number of nitrogens with zero attached hydrogens (tertiary/aromatic N) is 2. The molecule has 5 nitrogen and oxygen atoms in total. The van der Waals surface area contributed by atoms with E-state index < -0.39 is 0 Å². The van der Waals surface area contributed by atoms with Crippen LogP contribution < -0.4 is 11.1 Å². The van der Waals surface area contributed by atoms with Gasteiger partial charge in [-0.3, -0.25) is 9.48 Å². The molecule has 0 aliphatic heterocycles. The topological polar surface area (TPSA) is 72.9 Å². The number of hydrogen-bond donors (Lipinski definition) is 2. The average molecular weight is 258 g/mol. The molecule has 19 heavy (non-hydrogen) atoms. The largest absolute Gasteiger partial charge is 0.399 e. The van der Waals surface area contributed by atoms with Crippen molar-refractivity contribution in [3.05, 3.63) is 48.3 Å². The second-order valence-electron chi connectivity index (χ2n) is 4.48. The van der Waals surface area contributed by atoms with E-state index >= 15 is 0 Å². The van der Waals surface area contributed by atoms with E-state index in [0.717, 1.165) is 11.3 Å². The van der Waals surface area contributed by atoms with Gasteiger partial charge in [-0.15, -0.1) is 0 Å². The van der Waals surface area contributed by atoms with Crippen molar-refractivity contribution >= 4 is 11.6 Å². The van der Waals surface area contributed by atoms with E-state index in [4.69, 9.17) is 5.73 Å². The zero-order valence-electron chi connectivity index (χ0n) is 10.9. The van der Waals surface area contributed by atoms with Crippen LogP contribution in [0.4, 0.5) is 5.69 Å². The summed E-state index contributed by atoms with van der Waals surface area (Å²) in [5.41, 5.74) is 7.40. The molecular weight excluding hydrogens is 240 g/mol. The molecule has 5 heteroatoms. The molecule has 3 N–H and O–H groups in total. The van der Waals surface area contributed by atoms with Gasteiger partial charge >= 0.3 is 0 Å². The molecular formula is C14H18N4O. The molecule has 2 rings (SSSR count). The summed E-state index contributed by atoms with van der Waals surface area (Å²) in [6.07, 6.45) is 3.96. The lowest BCUT2D eigenvalue weighted by Gasteiger charge is -2.14. The Morgan fingerprint density at radius 1 is 1.42 bits per heavy atom. The van der Waals surface area contributed by atoms with Crippen LogP contribution in [0.15, 0.2) is 42.7 Å². The number of amides is 1. The fraction of sp³-hybridized carbons (Fsp3) is 0.286. The minimum atomic E-state index is -0.0225. The molecule has 1 unspecified atom stereocenters. The first-order valence-electron chi connectivity index (χ1n) is 6.27. The molecule has 1 amide bonds. The van der Waals surface area contributed by atoms with Crippen LogP contribution in [0, 0.1) is 0 Å². The van der Waals surface area contributed by atoms with E-state index in [9.17, 15) is 4.79 Å². The lowest BCUT2D eigenvalue weighted by atomic mass is 10.1. The number of nitrogens with one attached hydrogen (secondary N) is 1. The fourth-order valence-corrected chi connectivity index (χ4v) is 1.83. The van der Waals surface area contributed by atoms with E-state index in [1.54, 1.807) is 10.9 Å². The van der Waals surface area contributed by atoms with Gasteiger partial charge in [0.2, 0.25) is 5.91 Å². The van der Waals surface area contributed by atoms with Crippen LogP contribution in [-0.2, 0) is 11.3 Å². The number of aryl methyl sites for hydroxylation is 1. The second kappa shape index (κ2) is 6.04. The summed E-state index contributed by atoms with van der Waals surface area (Å²) >= 11 is 0. The van der Waals surface area contributed by atoms with Gasteiger partial charge in [0.05, 0.1) is 6.04 Å². The minimum Gasteiger partial charge on any atom is -0.399 e. The van der Waals surface area contributed by atoms with Crippen molar-refractivity contribution in [1.82, 2.24) is 15.1 Å². The normalized spacial score (nSPS) is 12.1. The molecule has 0 spiro atoms. The number of hydrogen-bond acceptors (Lipinski definition) is 3. The summed E-state index contributed by atoms with van der Waals surface area (Å²) in [7, 11) is 0. The number of carbonyl (C=O) groups is 1. The van der Waals surface area contributed by atoms with Gasteiger partial charge in [-0.25, -0.2) is 0 Å². The lowest BCUT2D eigenvalue weighted by molar-refractivity contribution is -0.122. The third kappa shape index (κ3) is 3.84. The minimum absolute atomic E-state index is 0.0137. The quantitative estimate of drug-likeness (QED) is 0.802. The first-order valence-corrected chi connectivity index (χ1v) is 6.27. The third-order valence-corrected chi connectivity index (χ3v) is 2.94. The Bertz CT molecular complexity index is 519.